The number of furan rings is 1. The van der Waals surface area contributed by atoms with Gasteiger partial charge in [-0.25, -0.2) is 0 Å². The number of rotatable bonds is 4. The molecule has 6 heteroatoms. The van der Waals surface area contributed by atoms with Gasteiger partial charge in [0.15, 0.2) is 5.76 Å². The van der Waals surface area contributed by atoms with Crippen molar-refractivity contribution in [1.82, 2.24) is 0 Å². The number of hydrogen-bond donors (Lipinski definition) is 1. The molecule has 0 bridgehead atoms. The van der Waals surface area contributed by atoms with Gasteiger partial charge in [-0.2, -0.15) is 0 Å². The SMILES string of the molecule is O=C(Nc1ccc([C@@H]2SCC(=O)N2c2ccc3c(c2)CCC3)cc1)c1ccco1. The maximum Gasteiger partial charge on any atom is 0.291 e. The Hall–Kier alpha value is -2.99. The number of aryl methyl sites for hydroxylation is 2. The number of hydrogen-bond acceptors (Lipinski definition) is 4. The zero-order valence-electron chi connectivity index (χ0n) is 15.8. The van der Waals surface area contributed by atoms with E-state index in [0.29, 0.717) is 11.4 Å². The standard InChI is InChI=1S/C23H20N2O3S/c26-21-14-29-23(25(21)19-11-8-15-3-1-4-17(15)13-19)16-6-9-18(10-7-16)24-22(27)20-5-2-12-28-20/h2,5-13,23H,1,3-4,14H2,(H,24,27)/t23-/m0/s1. The fourth-order valence-electron chi connectivity index (χ4n) is 3.99. The quantitative estimate of drug-likeness (QED) is 0.679. The first kappa shape index (κ1) is 18.1. The van der Waals surface area contributed by atoms with E-state index in [1.165, 1.54) is 23.8 Å². The summed E-state index contributed by atoms with van der Waals surface area (Å²) in [7, 11) is 0. The Balaban J connectivity index is 1.36. The number of nitrogens with zero attached hydrogens (tertiary/aromatic N) is 1. The summed E-state index contributed by atoms with van der Waals surface area (Å²) < 4.78 is 5.12. The number of fused-ring (bicyclic) bond motifs is 1. The Morgan fingerprint density at radius 3 is 2.69 bits per heavy atom. The van der Waals surface area contributed by atoms with Gasteiger partial charge >= 0.3 is 0 Å². The van der Waals surface area contributed by atoms with Gasteiger partial charge in [0.1, 0.15) is 5.37 Å². The zero-order chi connectivity index (χ0) is 19.8. The van der Waals surface area contributed by atoms with E-state index in [2.05, 4.69) is 23.5 Å². The number of carbonyl (C=O) groups excluding carboxylic acids is 2. The molecule has 1 N–H and O–H groups in total. The molecule has 0 radical (unpaired) electrons. The highest BCUT2D eigenvalue weighted by atomic mass is 32.2. The van der Waals surface area contributed by atoms with Gasteiger partial charge in [-0.3, -0.25) is 14.5 Å². The number of benzene rings is 2. The normalized spacial score (nSPS) is 18.1. The lowest BCUT2D eigenvalue weighted by Crippen LogP contribution is -2.27. The Morgan fingerprint density at radius 2 is 1.90 bits per heavy atom. The van der Waals surface area contributed by atoms with Crippen LogP contribution in [0.2, 0.25) is 0 Å². The van der Waals surface area contributed by atoms with E-state index in [4.69, 9.17) is 4.42 Å². The van der Waals surface area contributed by atoms with Gasteiger partial charge in [0.05, 0.1) is 12.0 Å². The van der Waals surface area contributed by atoms with Crippen LogP contribution in [0.3, 0.4) is 0 Å². The molecule has 0 saturated carbocycles. The largest absolute Gasteiger partial charge is 0.459 e. The van der Waals surface area contributed by atoms with Crippen LogP contribution >= 0.6 is 11.8 Å². The van der Waals surface area contributed by atoms with Gasteiger partial charge in [0, 0.05) is 11.4 Å². The predicted molar refractivity (Wildman–Crippen MR) is 114 cm³/mol. The summed E-state index contributed by atoms with van der Waals surface area (Å²) in [6.45, 7) is 0. The maximum absolute atomic E-state index is 12.6. The molecule has 146 valence electrons. The van der Waals surface area contributed by atoms with Crippen LogP contribution in [0.25, 0.3) is 0 Å². The number of amides is 2. The molecular formula is C23H20N2O3S. The summed E-state index contributed by atoms with van der Waals surface area (Å²) in [4.78, 5) is 26.7. The monoisotopic (exact) mass is 404 g/mol. The molecule has 1 atom stereocenters. The molecule has 0 spiro atoms. The minimum Gasteiger partial charge on any atom is -0.459 e. The number of nitrogens with one attached hydrogen (secondary N) is 1. The van der Waals surface area contributed by atoms with Crippen molar-refractivity contribution in [3.05, 3.63) is 83.3 Å². The third kappa shape index (κ3) is 3.44. The number of thioether (sulfide) groups is 1. The molecule has 2 heterocycles. The van der Waals surface area contributed by atoms with Crippen molar-refractivity contribution in [1.29, 1.82) is 0 Å². The van der Waals surface area contributed by atoms with Crippen LogP contribution < -0.4 is 10.2 Å². The van der Waals surface area contributed by atoms with Crippen LogP contribution in [0.1, 0.15) is 39.0 Å². The molecule has 2 aliphatic rings. The maximum atomic E-state index is 12.6. The molecule has 0 unspecified atom stereocenters. The fourth-order valence-corrected chi connectivity index (χ4v) is 5.17. The van der Waals surface area contributed by atoms with Crippen LogP contribution in [-0.2, 0) is 17.6 Å². The molecule has 1 aliphatic heterocycles. The van der Waals surface area contributed by atoms with Crippen molar-refractivity contribution in [2.75, 3.05) is 16.0 Å². The van der Waals surface area contributed by atoms with Crippen LogP contribution in [-0.4, -0.2) is 17.6 Å². The lowest BCUT2D eigenvalue weighted by Gasteiger charge is -2.25. The smallest absolute Gasteiger partial charge is 0.291 e. The molecule has 29 heavy (non-hydrogen) atoms. The average Bonchev–Trinajstić information content (AvgIpc) is 3.49. The van der Waals surface area contributed by atoms with Crippen molar-refractivity contribution in [3.63, 3.8) is 0 Å². The fraction of sp³-hybridized carbons (Fsp3) is 0.217. The Kier molecular flexibility index (Phi) is 4.64. The van der Waals surface area contributed by atoms with Crippen molar-refractivity contribution < 1.29 is 14.0 Å². The molecule has 1 fully saturated rings. The van der Waals surface area contributed by atoms with Crippen LogP contribution in [0, 0.1) is 0 Å². The number of anilines is 2. The summed E-state index contributed by atoms with van der Waals surface area (Å²) in [6, 6.07) is 17.4. The summed E-state index contributed by atoms with van der Waals surface area (Å²) in [6.07, 6.45) is 4.88. The second kappa shape index (κ2) is 7.44. The van der Waals surface area contributed by atoms with Gasteiger partial charge in [-0.05, 0) is 72.4 Å². The molecular weight excluding hydrogens is 384 g/mol. The highest BCUT2D eigenvalue weighted by molar-refractivity contribution is 8.00. The summed E-state index contributed by atoms with van der Waals surface area (Å²) in [5, 5.41) is 2.76. The molecule has 3 aromatic rings. The second-order valence-corrected chi connectivity index (χ2v) is 8.36. The molecule has 5 rings (SSSR count). The van der Waals surface area contributed by atoms with Crippen LogP contribution in [0.4, 0.5) is 11.4 Å². The minimum atomic E-state index is -0.284. The van der Waals surface area contributed by atoms with Gasteiger partial charge in [0.25, 0.3) is 5.91 Å². The summed E-state index contributed by atoms with van der Waals surface area (Å²) >= 11 is 1.63. The highest BCUT2D eigenvalue weighted by Crippen LogP contribution is 2.42. The van der Waals surface area contributed by atoms with E-state index >= 15 is 0 Å². The molecule has 1 aliphatic carbocycles. The van der Waals surface area contributed by atoms with E-state index in [0.717, 1.165) is 24.1 Å². The Morgan fingerprint density at radius 1 is 1.07 bits per heavy atom. The van der Waals surface area contributed by atoms with E-state index in [1.54, 1.807) is 23.9 Å². The Labute approximate surface area is 173 Å². The van der Waals surface area contributed by atoms with Crippen molar-refractivity contribution in [2.24, 2.45) is 0 Å². The van der Waals surface area contributed by atoms with E-state index in [1.807, 2.05) is 29.2 Å². The molecule has 2 amide bonds. The van der Waals surface area contributed by atoms with E-state index in [-0.39, 0.29) is 22.9 Å². The van der Waals surface area contributed by atoms with Crippen molar-refractivity contribution >= 4 is 35.0 Å². The first-order valence-electron chi connectivity index (χ1n) is 9.69. The van der Waals surface area contributed by atoms with Gasteiger partial charge in [-0.15, -0.1) is 11.8 Å². The first-order chi connectivity index (χ1) is 14.2. The summed E-state index contributed by atoms with van der Waals surface area (Å²) in [5.41, 5.74) is 5.47. The van der Waals surface area contributed by atoms with E-state index in [9.17, 15) is 9.59 Å². The lowest BCUT2D eigenvalue weighted by molar-refractivity contribution is -0.115. The highest BCUT2D eigenvalue weighted by Gasteiger charge is 2.34. The van der Waals surface area contributed by atoms with Crippen LogP contribution in [0.15, 0.2) is 65.3 Å². The van der Waals surface area contributed by atoms with Crippen LogP contribution in [0.5, 0.6) is 0 Å². The number of carbonyl (C=O) groups is 2. The minimum absolute atomic E-state index is 0.0585. The molecule has 1 aromatic heterocycles. The van der Waals surface area contributed by atoms with Gasteiger partial charge in [0.2, 0.25) is 5.91 Å². The summed E-state index contributed by atoms with van der Waals surface area (Å²) in [5.74, 6) is 0.591. The third-order valence-corrected chi connectivity index (χ3v) is 6.64. The second-order valence-electron chi connectivity index (χ2n) is 7.29. The molecule has 5 nitrogen and oxygen atoms in total. The van der Waals surface area contributed by atoms with Gasteiger partial charge in [-0.1, -0.05) is 18.2 Å². The average molecular weight is 404 g/mol. The zero-order valence-corrected chi connectivity index (χ0v) is 16.6. The topological polar surface area (TPSA) is 62.6 Å². The van der Waals surface area contributed by atoms with Crippen molar-refractivity contribution in [2.45, 2.75) is 24.6 Å². The first-order valence-corrected chi connectivity index (χ1v) is 10.7. The Bertz CT molecular complexity index is 1060. The molecule has 2 aromatic carbocycles. The third-order valence-electron chi connectivity index (χ3n) is 5.43. The van der Waals surface area contributed by atoms with Gasteiger partial charge < -0.3 is 9.73 Å². The van der Waals surface area contributed by atoms with Crippen molar-refractivity contribution in [3.8, 4) is 0 Å². The molecule has 1 saturated heterocycles. The lowest BCUT2D eigenvalue weighted by atomic mass is 10.1. The predicted octanol–water partition coefficient (Wildman–Crippen LogP) is 4.80. The van der Waals surface area contributed by atoms with E-state index < -0.39 is 0 Å².